The van der Waals surface area contributed by atoms with Crippen LogP contribution in [0.4, 0.5) is 26.3 Å². The molecule has 1 unspecified atom stereocenters. The van der Waals surface area contributed by atoms with Gasteiger partial charge in [-0.2, -0.15) is 0 Å². The fraction of sp³-hybridized carbons (Fsp3) is 0.600. The van der Waals surface area contributed by atoms with Crippen LogP contribution in [0.5, 0.6) is 11.5 Å². The molecule has 2 bridgehead atoms. The van der Waals surface area contributed by atoms with E-state index in [1.54, 1.807) is 0 Å². The van der Waals surface area contributed by atoms with Crippen molar-refractivity contribution in [2.24, 2.45) is 0 Å². The number of rotatable bonds is 0. The summed E-state index contributed by atoms with van der Waals surface area (Å²) in [5.41, 5.74) is -1.52. The predicted octanol–water partition coefficient (Wildman–Crippen LogP) is 5.45. The van der Waals surface area contributed by atoms with E-state index < -0.39 is 43.0 Å². The normalized spacial score (nSPS) is 33.4. The summed E-state index contributed by atoms with van der Waals surface area (Å²) in [5.74, 6) is -3.00. The quantitative estimate of drug-likeness (QED) is 0.413. The van der Waals surface area contributed by atoms with Crippen LogP contribution >= 0.6 is 7.51 Å². The van der Waals surface area contributed by atoms with Crippen molar-refractivity contribution < 1.29 is 49.2 Å². The first-order valence-corrected chi connectivity index (χ1v) is 9.75. The van der Waals surface area contributed by atoms with Crippen molar-refractivity contribution in [1.82, 2.24) is 0 Å². The van der Waals surface area contributed by atoms with E-state index in [2.05, 4.69) is 0 Å². The fourth-order valence-corrected chi connectivity index (χ4v) is 8.61. The third-order valence-electron chi connectivity index (χ3n) is 4.51. The molecule has 1 aromatic rings. The van der Waals surface area contributed by atoms with Crippen molar-refractivity contribution in [1.29, 1.82) is 0 Å². The molecule has 1 spiro atoms. The number of hydrogen-bond donors (Lipinski definition) is 0. The molecule has 0 aromatic heterocycles. The Labute approximate surface area is 149 Å². The van der Waals surface area contributed by atoms with E-state index in [0.29, 0.717) is 0 Å². The number of hydrogen-bond acceptors (Lipinski definition) is 5. The molecule has 3 heterocycles. The van der Waals surface area contributed by atoms with Crippen LogP contribution in [0.3, 0.4) is 0 Å². The Morgan fingerprint density at radius 1 is 0.852 bits per heavy atom. The first kappa shape index (κ1) is 19.0. The maximum absolute atomic E-state index is 14.2. The molecule has 4 rings (SSSR count). The topological polar surface area (TPSA) is 46.2 Å². The summed E-state index contributed by atoms with van der Waals surface area (Å²) < 4.78 is 111. The Bertz CT molecular complexity index is 783. The SMILES string of the molecule is CC1(C)CC2(C)OC(C(F)(F)F)(C(F)(F)F)P3(Oc4ccccc4O3)(O1)O2. The third-order valence-corrected chi connectivity index (χ3v) is 8.67. The first-order chi connectivity index (χ1) is 12.1. The molecule has 3 aliphatic heterocycles. The zero-order valence-corrected chi connectivity index (χ0v) is 15.2. The number of benzene rings is 1. The van der Waals surface area contributed by atoms with Crippen LogP contribution < -0.4 is 9.05 Å². The molecular weight excluding hydrogens is 405 g/mol. The average Bonchev–Trinajstić information content (AvgIpc) is 2.82. The van der Waals surface area contributed by atoms with Gasteiger partial charge in [0, 0.05) is 0 Å². The summed E-state index contributed by atoms with van der Waals surface area (Å²) in [4.78, 5) is 0. The van der Waals surface area contributed by atoms with Crippen LogP contribution in [0.15, 0.2) is 24.3 Å². The number of para-hydroxylation sites is 2. The fourth-order valence-electron chi connectivity index (χ4n) is 4.04. The van der Waals surface area contributed by atoms with Gasteiger partial charge in [0.15, 0.2) is 0 Å². The number of alkyl halides is 6. The Kier molecular flexibility index (Phi) is 3.27. The van der Waals surface area contributed by atoms with E-state index >= 15 is 0 Å². The first-order valence-electron chi connectivity index (χ1n) is 7.85. The van der Waals surface area contributed by atoms with Crippen molar-refractivity contribution in [2.75, 3.05) is 0 Å². The van der Waals surface area contributed by atoms with Gasteiger partial charge in [0.25, 0.3) is 0 Å². The number of fused-ring (bicyclic) bond motifs is 2. The molecule has 0 saturated carbocycles. The van der Waals surface area contributed by atoms with E-state index in [-0.39, 0.29) is 11.5 Å². The van der Waals surface area contributed by atoms with Gasteiger partial charge in [-0.05, 0) is 0 Å². The zero-order chi connectivity index (χ0) is 20.2. The second kappa shape index (κ2) is 4.64. The average molecular weight is 420 g/mol. The summed E-state index contributed by atoms with van der Waals surface area (Å²) in [7, 11) is -6.52. The molecule has 0 N–H and O–H groups in total. The van der Waals surface area contributed by atoms with Crippen LogP contribution in [-0.4, -0.2) is 29.1 Å². The molecule has 0 amide bonds. The van der Waals surface area contributed by atoms with Gasteiger partial charge < -0.3 is 0 Å². The van der Waals surface area contributed by atoms with Crippen molar-refractivity contribution >= 4 is 7.51 Å². The summed E-state index contributed by atoms with van der Waals surface area (Å²) >= 11 is 0. The van der Waals surface area contributed by atoms with Gasteiger partial charge in [0.05, 0.1) is 0 Å². The number of ether oxygens (including phenoxy) is 1. The van der Waals surface area contributed by atoms with E-state index in [1.807, 2.05) is 0 Å². The van der Waals surface area contributed by atoms with Crippen LogP contribution in [0.1, 0.15) is 27.2 Å². The standard InChI is InChI=1S/C15H15F6O5P/c1-11(2)8-12(3)24-13(14(16,17)18,15(19,20)21)27(25-11,26-12)22-9-6-4-5-7-10(9)23-27/h4-7H,8H2,1-3H3. The van der Waals surface area contributed by atoms with Gasteiger partial charge in [-0.15, -0.1) is 0 Å². The second-order valence-corrected chi connectivity index (χ2v) is 10.4. The molecule has 3 aliphatic rings. The summed E-state index contributed by atoms with van der Waals surface area (Å²) in [5, 5.41) is -4.94. The van der Waals surface area contributed by atoms with Crippen LogP contribution in [-0.2, 0) is 13.8 Å². The van der Waals surface area contributed by atoms with Crippen molar-refractivity contribution in [3.05, 3.63) is 24.3 Å². The van der Waals surface area contributed by atoms with Gasteiger partial charge in [0.1, 0.15) is 0 Å². The van der Waals surface area contributed by atoms with Crippen LogP contribution in [0.25, 0.3) is 0 Å². The van der Waals surface area contributed by atoms with Gasteiger partial charge in [-0.3, -0.25) is 0 Å². The molecular formula is C15H15F6O5P. The second-order valence-electron chi connectivity index (χ2n) is 7.44. The van der Waals surface area contributed by atoms with Crippen molar-refractivity contribution in [2.45, 2.75) is 56.3 Å². The van der Waals surface area contributed by atoms with E-state index in [4.69, 9.17) is 22.8 Å². The van der Waals surface area contributed by atoms with Crippen LogP contribution in [0.2, 0.25) is 0 Å². The Morgan fingerprint density at radius 3 is 1.78 bits per heavy atom. The minimum atomic E-state index is -6.52. The molecule has 152 valence electrons. The monoisotopic (exact) mass is 420 g/mol. The predicted molar refractivity (Wildman–Crippen MR) is 79.8 cm³/mol. The zero-order valence-electron chi connectivity index (χ0n) is 14.3. The van der Waals surface area contributed by atoms with Crippen molar-refractivity contribution in [3.8, 4) is 11.5 Å². The summed E-state index contributed by atoms with van der Waals surface area (Å²) in [6.07, 6.45) is -12.4. The van der Waals surface area contributed by atoms with Gasteiger partial charge in [0.2, 0.25) is 0 Å². The third kappa shape index (κ3) is 2.11. The molecule has 1 aromatic carbocycles. The van der Waals surface area contributed by atoms with Gasteiger partial charge >= 0.3 is 149 Å². The molecule has 12 heteroatoms. The number of halogens is 6. The van der Waals surface area contributed by atoms with Gasteiger partial charge in [-0.1, -0.05) is 0 Å². The maximum atomic E-state index is 14.2. The molecule has 2 saturated heterocycles. The Balaban J connectivity index is 2.09. The molecule has 5 nitrogen and oxygen atoms in total. The summed E-state index contributed by atoms with van der Waals surface area (Å²) in [6, 6.07) is 5.09. The van der Waals surface area contributed by atoms with E-state index in [0.717, 1.165) is 6.92 Å². The molecule has 0 radical (unpaired) electrons. The molecule has 27 heavy (non-hydrogen) atoms. The molecule has 1 atom stereocenters. The Morgan fingerprint density at radius 2 is 1.33 bits per heavy atom. The summed E-state index contributed by atoms with van der Waals surface area (Å²) in [6.45, 7) is 3.63. The molecule has 0 aliphatic carbocycles. The molecule has 2 fully saturated rings. The minimum absolute atomic E-state index is 0.349. The van der Waals surface area contributed by atoms with Crippen LogP contribution in [0, 0.1) is 0 Å². The van der Waals surface area contributed by atoms with E-state index in [1.165, 1.54) is 38.1 Å². The van der Waals surface area contributed by atoms with Crippen molar-refractivity contribution in [3.63, 3.8) is 0 Å². The van der Waals surface area contributed by atoms with E-state index in [9.17, 15) is 26.3 Å². The Hall–Kier alpha value is -1.29. The van der Waals surface area contributed by atoms with Gasteiger partial charge in [-0.25, -0.2) is 0 Å².